The summed E-state index contributed by atoms with van der Waals surface area (Å²) in [5.74, 6) is -0.858. The van der Waals surface area contributed by atoms with Gasteiger partial charge in [0.15, 0.2) is 0 Å². The number of amides is 2. The molecule has 0 saturated heterocycles. The summed E-state index contributed by atoms with van der Waals surface area (Å²) in [7, 11) is 0. The molecule has 2 fully saturated rings. The molecule has 1 aromatic rings. The van der Waals surface area contributed by atoms with E-state index in [-0.39, 0.29) is 46.9 Å². The summed E-state index contributed by atoms with van der Waals surface area (Å²) in [6.07, 6.45) is 2.98. The largest absolute Gasteiger partial charge is 0.392 e. The lowest BCUT2D eigenvalue weighted by atomic mass is 9.51. The van der Waals surface area contributed by atoms with E-state index in [9.17, 15) is 19.1 Å². The Labute approximate surface area is 191 Å². The zero-order valence-electron chi connectivity index (χ0n) is 20.1. The van der Waals surface area contributed by atoms with Crippen molar-refractivity contribution in [3.63, 3.8) is 0 Å². The van der Waals surface area contributed by atoms with Crippen LogP contribution in [0.1, 0.15) is 70.7 Å². The van der Waals surface area contributed by atoms with Crippen LogP contribution in [0, 0.1) is 34.9 Å². The molecule has 5 nitrogen and oxygen atoms in total. The number of benzene rings is 1. The van der Waals surface area contributed by atoms with Gasteiger partial charge in [0, 0.05) is 30.6 Å². The van der Waals surface area contributed by atoms with E-state index in [0.29, 0.717) is 18.7 Å². The van der Waals surface area contributed by atoms with Gasteiger partial charge in [-0.3, -0.25) is 9.59 Å². The Bertz CT molecular complexity index is 827. The van der Waals surface area contributed by atoms with Crippen LogP contribution < -0.4 is 5.32 Å². The van der Waals surface area contributed by atoms with Gasteiger partial charge in [0.25, 0.3) is 5.91 Å². The molecular formula is C26H39FN2O3. The molecule has 0 bridgehead atoms. The quantitative estimate of drug-likeness (QED) is 0.686. The smallest absolute Gasteiger partial charge is 0.251 e. The van der Waals surface area contributed by atoms with E-state index in [2.05, 4.69) is 19.2 Å². The molecular weight excluding hydrogens is 407 g/mol. The molecule has 0 aromatic heterocycles. The number of aliphatic hydroxyl groups excluding tert-OH is 1. The van der Waals surface area contributed by atoms with Crippen molar-refractivity contribution < 1.29 is 19.1 Å². The SMILES string of the molecule is CCN(CC)C(=O)[C@@H](C)[C@H]1CC[C@]2(C)CC[C@H](NC(=O)c3cccc(F)c3)[C@@H](C)[C@@H]2[C@H]1O. The number of halogens is 1. The molecule has 0 radical (unpaired) electrons. The van der Waals surface area contributed by atoms with Crippen LogP contribution in [-0.4, -0.2) is 47.1 Å². The predicted octanol–water partition coefficient (Wildman–Crippen LogP) is 4.25. The van der Waals surface area contributed by atoms with Gasteiger partial charge in [-0.1, -0.05) is 26.8 Å². The number of nitrogens with one attached hydrogen (secondary N) is 1. The van der Waals surface area contributed by atoms with Crippen LogP contribution in [0.3, 0.4) is 0 Å². The maximum absolute atomic E-state index is 13.6. The highest BCUT2D eigenvalue weighted by Crippen LogP contribution is 2.55. The average Bonchev–Trinajstić information content (AvgIpc) is 2.76. The lowest BCUT2D eigenvalue weighted by Crippen LogP contribution is -2.58. The van der Waals surface area contributed by atoms with E-state index >= 15 is 0 Å². The van der Waals surface area contributed by atoms with E-state index in [0.717, 1.165) is 25.7 Å². The summed E-state index contributed by atoms with van der Waals surface area (Å²) in [4.78, 5) is 27.6. The van der Waals surface area contributed by atoms with Crippen LogP contribution in [0.2, 0.25) is 0 Å². The van der Waals surface area contributed by atoms with Crippen LogP contribution in [0.5, 0.6) is 0 Å². The minimum Gasteiger partial charge on any atom is -0.392 e. The normalized spacial score (nSPS) is 33.2. The number of fused-ring (bicyclic) bond motifs is 1. The Morgan fingerprint density at radius 3 is 2.53 bits per heavy atom. The number of aliphatic hydroxyl groups is 1. The Balaban J connectivity index is 1.76. The summed E-state index contributed by atoms with van der Waals surface area (Å²) in [6.45, 7) is 11.6. The van der Waals surface area contributed by atoms with Crippen molar-refractivity contribution in [1.82, 2.24) is 10.2 Å². The molecule has 7 atom stereocenters. The number of hydrogen-bond donors (Lipinski definition) is 2. The first-order valence-corrected chi connectivity index (χ1v) is 12.2. The summed E-state index contributed by atoms with van der Waals surface area (Å²) < 4.78 is 13.6. The summed E-state index contributed by atoms with van der Waals surface area (Å²) in [6, 6.07) is 5.63. The Hall–Kier alpha value is -1.95. The first kappa shape index (κ1) is 24.7. The Kier molecular flexibility index (Phi) is 7.64. The predicted molar refractivity (Wildman–Crippen MR) is 123 cm³/mol. The van der Waals surface area contributed by atoms with Gasteiger partial charge < -0.3 is 15.3 Å². The fourth-order valence-corrected chi connectivity index (χ4v) is 6.39. The van der Waals surface area contributed by atoms with E-state index < -0.39 is 11.9 Å². The van der Waals surface area contributed by atoms with Crippen LogP contribution in [0.25, 0.3) is 0 Å². The molecule has 178 valence electrons. The molecule has 2 aliphatic rings. The third kappa shape index (κ3) is 4.70. The molecule has 2 N–H and O–H groups in total. The molecule has 1 aromatic carbocycles. The number of carbonyl (C=O) groups excluding carboxylic acids is 2. The van der Waals surface area contributed by atoms with Crippen LogP contribution >= 0.6 is 0 Å². The number of carbonyl (C=O) groups is 2. The monoisotopic (exact) mass is 446 g/mol. The lowest BCUT2D eigenvalue weighted by molar-refractivity contribution is -0.149. The number of rotatable bonds is 6. The van der Waals surface area contributed by atoms with Crippen molar-refractivity contribution in [1.29, 1.82) is 0 Å². The van der Waals surface area contributed by atoms with Gasteiger partial charge in [-0.25, -0.2) is 4.39 Å². The molecule has 2 aliphatic carbocycles. The first-order valence-electron chi connectivity index (χ1n) is 12.2. The van der Waals surface area contributed by atoms with E-state index in [1.54, 1.807) is 6.07 Å². The lowest BCUT2D eigenvalue weighted by Gasteiger charge is -2.56. The zero-order chi connectivity index (χ0) is 23.6. The fourth-order valence-electron chi connectivity index (χ4n) is 6.39. The molecule has 2 saturated carbocycles. The second kappa shape index (κ2) is 9.90. The van der Waals surface area contributed by atoms with E-state index in [4.69, 9.17) is 0 Å². The molecule has 0 spiro atoms. The van der Waals surface area contributed by atoms with Gasteiger partial charge in [-0.2, -0.15) is 0 Å². The topological polar surface area (TPSA) is 69.6 Å². The third-order valence-corrected chi connectivity index (χ3v) is 8.40. The first-order chi connectivity index (χ1) is 15.1. The maximum atomic E-state index is 13.6. The highest BCUT2D eigenvalue weighted by atomic mass is 19.1. The van der Waals surface area contributed by atoms with Gasteiger partial charge >= 0.3 is 0 Å². The summed E-state index contributed by atoms with van der Waals surface area (Å²) in [5.41, 5.74) is 0.305. The van der Waals surface area contributed by atoms with E-state index in [1.807, 2.05) is 25.7 Å². The summed E-state index contributed by atoms with van der Waals surface area (Å²) in [5, 5.41) is 14.6. The molecule has 2 amide bonds. The molecule has 32 heavy (non-hydrogen) atoms. The van der Waals surface area contributed by atoms with Crippen molar-refractivity contribution >= 4 is 11.8 Å². The van der Waals surface area contributed by atoms with Gasteiger partial charge in [0.05, 0.1) is 6.10 Å². The average molecular weight is 447 g/mol. The Morgan fingerprint density at radius 2 is 1.91 bits per heavy atom. The van der Waals surface area contributed by atoms with Crippen molar-refractivity contribution in [2.24, 2.45) is 29.1 Å². The second-order valence-corrected chi connectivity index (χ2v) is 10.2. The minimum absolute atomic E-state index is 0.000220. The molecule has 0 unspecified atom stereocenters. The van der Waals surface area contributed by atoms with E-state index in [1.165, 1.54) is 18.2 Å². The number of hydrogen-bond acceptors (Lipinski definition) is 3. The van der Waals surface area contributed by atoms with Crippen molar-refractivity contribution in [3.05, 3.63) is 35.6 Å². The van der Waals surface area contributed by atoms with Crippen LogP contribution in [0.15, 0.2) is 24.3 Å². The van der Waals surface area contributed by atoms with Gasteiger partial charge in [0.1, 0.15) is 5.82 Å². The number of nitrogens with zero attached hydrogens (tertiary/aromatic N) is 1. The highest BCUT2D eigenvalue weighted by Gasteiger charge is 2.54. The third-order valence-electron chi connectivity index (χ3n) is 8.40. The van der Waals surface area contributed by atoms with Crippen LogP contribution in [0.4, 0.5) is 4.39 Å². The fraction of sp³-hybridized carbons (Fsp3) is 0.692. The maximum Gasteiger partial charge on any atom is 0.251 e. The Morgan fingerprint density at radius 1 is 1.25 bits per heavy atom. The molecule has 3 rings (SSSR count). The van der Waals surface area contributed by atoms with Crippen molar-refractivity contribution in [2.75, 3.05) is 13.1 Å². The standard InChI is InChI=1S/C26H39FN2O3/c1-6-29(7-2)25(32)16(3)20-11-13-26(5)14-12-21(17(4)22(26)23(20)30)28-24(31)18-9-8-10-19(27)15-18/h8-10,15-17,20-23,30H,6-7,11-14H2,1-5H3,(H,28,31)/t16-,17+,20+,21-,22+,23-,26+/m0/s1. The molecule has 0 heterocycles. The highest BCUT2D eigenvalue weighted by molar-refractivity contribution is 5.94. The van der Waals surface area contributed by atoms with Crippen molar-refractivity contribution in [3.8, 4) is 0 Å². The molecule has 6 heteroatoms. The minimum atomic E-state index is -0.591. The zero-order valence-corrected chi connectivity index (χ0v) is 20.1. The molecule has 0 aliphatic heterocycles. The van der Waals surface area contributed by atoms with Gasteiger partial charge in [0.2, 0.25) is 5.91 Å². The van der Waals surface area contributed by atoms with Crippen LogP contribution in [-0.2, 0) is 4.79 Å². The summed E-state index contributed by atoms with van der Waals surface area (Å²) >= 11 is 0. The van der Waals surface area contributed by atoms with Crippen molar-refractivity contribution in [2.45, 2.75) is 72.4 Å². The second-order valence-electron chi connectivity index (χ2n) is 10.2. The van der Waals surface area contributed by atoms with Gasteiger partial charge in [-0.15, -0.1) is 0 Å². The van der Waals surface area contributed by atoms with Gasteiger partial charge in [-0.05, 0) is 80.9 Å².